The first-order valence-corrected chi connectivity index (χ1v) is 36.9. The molecule has 0 saturated carbocycles. The molecule has 3 saturated heterocycles. The molecule has 3 aliphatic heterocycles. The molecule has 25 nitrogen and oxygen atoms in total. The Bertz CT molecular complexity index is 4340. The van der Waals surface area contributed by atoms with E-state index >= 15 is 0 Å². The van der Waals surface area contributed by atoms with E-state index in [2.05, 4.69) is 51.4 Å². The summed E-state index contributed by atoms with van der Waals surface area (Å²) >= 11 is 22.2. The zero-order valence-corrected chi connectivity index (χ0v) is 63.8. The van der Waals surface area contributed by atoms with Gasteiger partial charge in [0.1, 0.15) is 49.5 Å². The van der Waals surface area contributed by atoms with Crippen LogP contribution in [-0.4, -0.2) is 123 Å². The summed E-state index contributed by atoms with van der Waals surface area (Å²) in [5.74, 6) is -5.24. The highest BCUT2D eigenvalue weighted by Gasteiger charge is 2.51. The number of unbranched alkanes of at least 4 members (excludes halogenated alkanes) is 3. The molecule has 12 rings (SSSR count). The van der Waals surface area contributed by atoms with Gasteiger partial charge in [-0.25, -0.2) is 0 Å². The number of ether oxygens (including phenoxy) is 3. The molecule has 0 radical (unpaired) electrons. The van der Waals surface area contributed by atoms with Crippen molar-refractivity contribution in [2.45, 2.75) is 112 Å². The van der Waals surface area contributed by atoms with E-state index in [9.17, 15) is 44.1 Å². The molecule has 0 aliphatic carbocycles. The number of ketones is 3. The number of hydrogen-bond acceptors (Lipinski definition) is 23. The third kappa shape index (κ3) is 20.9. The highest BCUT2D eigenvalue weighted by molar-refractivity contribution is 7.16. The Kier molecular flexibility index (Phi) is 29.5. The van der Waals surface area contributed by atoms with Crippen LogP contribution >= 0.6 is 68.8 Å². The number of anilines is 3. The normalized spacial score (nSPS) is 16.7. The van der Waals surface area contributed by atoms with E-state index in [0.29, 0.717) is 101 Å². The highest BCUT2D eigenvalue weighted by atomic mass is 35.5. The minimum Gasteiger partial charge on any atom is -0.507 e. The second kappa shape index (κ2) is 38.5. The maximum absolute atomic E-state index is 13.1. The van der Waals surface area contributed by atoms with Crippen LogP contribution in [-0.2, 0) is 38.4 Å². The first-order chi connectivity index (χ1) is 51.2. The van der Waals surface area contributed by atoms with Crippen molar-refractivity contribution in [3.05, 3.63) is 226 Å². The number of aliphatic hydroxyl groups is 3. The van der Waals surface area contributed by atoms with Gasteiger partial charge in [-0.05, 0) is 166 Å². The van der Waals surface area contributed by atoms with Crippen LogP contribution in [0.5, 0.6) is 17.2 Å². The zero-order chi connectivity index (χ0) is 77.8. The van der Waals surface area contributed by atoms with E-state index in [1.54, 1.807) is 166 Å². The number of hydrogen-bond donors (Lipinski definition) is 5. The van der Waals surface area contributed by atoms with E-state index in [4.69, 9.17) is 68.8 Å². The smallest absolute Gasteiger partial charge is 0.301 e. The summed E-state index contributed by atoms with van der Waals surface area (Å²) in [6, 6.07) is 38.2. The number of amides is 3. The quantitative estimate of drug-likeness (QED) is 0.0193. The second-order valence-electron chi connectivity index (χ2n) is 23.7. The molecule has 6 aromatic carbocycles. The molecule has 3 aromatic heterocycles. The maximum Gasteiger partial charge on any atom is 0.301 e. The van der Waals surface area contributed by atoms with E-state index in [0.717, 1.165) is 52.4 Å². The number of nitrogens with zero attached hydrogens (tertiary/aromatic N) is 9. The molecule has 3 fully saturated rings. The molecule has 558 valence electrons. The SMILES string of the molecule is CC(=O)O.CC(=O)O.CCCCOc1ccc(/C(O)=C2\C(=O)C(=O)N(c3nnc(C)s3)C2c2cccc(Cl)c2)cc1.CCCCOc1ccc(/C(O)=C2\C(=O)C(=O)N(c3nnc(C)s3)C2c2cccc(Cl)c2)cc1.CCCCOc1ccc(/C(O)=C2\C(=O)C(=O)N(c3nnc(C)s3)C2c2cccc(Cl)c2)cc1. The lowest BCUT2D eigenvalue weighted by atomic mass is 9.95. The number of rotatable bonds is 21. The van der Waals surface area contributed by atoms with Gasteiger partial charge in [0, 0.05) is 45.6 Å². The Hall–Kier alpha value is -10.8. The fourth-order valence-corrected chi connectivity index (χ4v) is 13.6. The van der Waals surface area contributed by atoms with Crippen molar-refractivity contribution >= 4 is 148 Å². The Morgan fingerprint density at radius 2 is 0.626 bits per heavy atom. The maximum atomic E-state index is 13.1. The molecule has 3 unspecified atom stereocenters. The minimum absolute atomic E-state index is 0.0326. The third-order valence-corrected chi connectivity index (χ3v) is 18.9. The van der Waals surface area contributed by atoms with Crippen molar-refractivity contribution in [1.82, 2.24) is 30.6 Å². The number of benzene rings is 6. The predicted octanol–water partition coefficient (Wildman–Crippen LogP) is 16.1. The molecule has 0 bridgehead atoms. The minimum atomic E-state index is -0.892. The van der Waals surface area contributed by atoms with E-state index in [-0.39, 0.29) is 49.4 Å². The van der Waals surface area contributed by atoms with Gasteiger partial charge in [0.05, 0.1) is 54.7 Å². The standard InChI is InChI=1S/3C24H22ClN3O4S.2C2H4O2/c3*1-3-4-12-32-18-10-8-15(9-11-18)21(29)19-20(16-6-5-7-17(25)13-16)28(23(31)22(19)30)24-27-26-14(2)33-24;2*1-2(3)4/h3*5-11,13,20,29H,3-4,12H2,1-2H3;2*1H3,(H,3,4)/b3*21-19+;;. The number of aliphatic hydroxyl groups excluding tert-OH is 3. The van der Waals surface area contributed by atoms with Crippen LogP contribution in [0.1, 0.15) is 140 Å². The van der Waals surface area contributed by atoms with Gasteiger partial charge in [0.15, 0.2) is 0 Å². The van der Waals surface area contributed by atoms with Crippen LogP contribution in [0.3, 0.4) is 0 Å². The van der Waals surface area contributed by atoms with Gasteiger partial charge in [0.2, 0.25) is 15.4 Å². The lowest BCUT2D eigenvalue weighted by Crippen LogP contribution is -2.29. The third-order valence-electron chi connectivity index (χ3n) is 15.7. The molecular weight excluding hydrogens is 1500 g/mol. The van der Waals surface area contributed by atoms with Gasteiger partial charge in [0.25, 0.3) is 29.3 Å². The first kappa shape index (κ1) is 81.9. The molecule has 0 spiro atoms. The summed E-state index contributed by atoms with van der Waals surface area (Å²) in [5, 5.41) is 76.5. The number of aliphatic carboxylic acids is 2. The lowest BCUT2D eigenvalue weighted by Gasteiger charge is -2.22. The van der Waals surface area contributed by atoms with Gasteiger partial charge in [-0.3, -0.25) is 53.1 Å². The number of carbonyl (C=O) groups excluding carboxylic acids is 6. The van der Waals surface area contributed by atoms with Crippen LogP contribution in [0.15, 0.2) is 162 Å². The summed E-state index contributed by atoms with van der Waals surface area (Å²) in [5.41, 5.74) is 2.84. The van der Waals surface area contributed by atoms with Crippen LogP contribution in [0.25, 0.3) is 17.3 Å². The summed E-state index contributed by atoms with van der Waals surface area (Å²) in [6.07, 6.45) is 5.89. The largest absolute Gasteiger partial charge is 0.507 e. The molecular formula is C76H74Cl3N9O16S3. The van der Waals surface area contributed by atoms with Crippen molar-refractivity contribution in [3.8, 4) is 17.2 Å². The van der Waals surface area contributed by atoms with Crippen LogP contribution in [0.4, 0.5) is 15.4 Å². The van der Waals surface area contributed by atoms with Gasteiger partial charge < -0.3 is 39.7 Å². The summed E-state index contributed by atoms with van der Waals surface area (Å²) in [4.78, 5) is 100. The summed E-state index contributed by atoms with van der Waals surface area (Å²) in [7, 11) is 0. The Morgan fingerprint density at radius 3 is 0.822 bits per heavy atom. The van der Waals surface area contributed by atoms with E-state index in [1.165, 1.54) is 48.7 Å². The number of carboxylic acid groups (broad SMARTS) is 2. The van der Waals surface area contributed by atoms with Gasteiger partial charge in [-0.1, -0.05) is 145 Å². The first-order valence-electron chi connectivity index (χ1n) is 33.4. The molecule has 6 heterocycles. The predicted molar refractivity (Wildman–Crippen MR) is 410 cm³/mol. The molecule has 3 atom stereocenters. The van der Waals surface area contributed by atoms with Crippen molar-refractivity contribution in [2.75, 3.05) is 34.5 Å². The van der Waals surface area contributed by atoms with Crippen molar-refractivity contribution in [2.24, 2.45) is 0 Å². The zero-order valence-electron chi connectivity index (χ0n) is 59.1. The van der Waals surface area contributed by atoms with Crippen LogP contribution < -0.4 is 28.9 Å². The molecule has 5 N–H and O–H groups in total. The fourth-order valence-electron chi connectivity index (χ4n) is 10.8. The number of carboxylic acids is 2. The second-order valence-corrected chi connectivity index (χ2v) is 28.5. The average molecular weight is 1570 g/mol. The molecule has 31 heteroatoms. The Balaban J connectivity index is 0.000000192. The average Bonchev–Trinajstić information content (AvgIpc) is 1.61. The number of aromatic nitrogens is 6. The van der Waals surface area contributed by atoms with Gasteiger partial charge in [-0.15, -0.1) is 30.6 Å². The summed E-state index contributed by atoms with van der Waals surface area (Å²) in [6.45, 7) is 15.5. The Labute approximate surface area is 642 Å². The molecule has 107 heavy (non-hydrogen) atoms. The summed E-state index contributed by atoms with van der Waals surface area (Å²) < 4.78 is 17.0. The fraction of sp³-hybridized carbons (Fsp3) is 0.263. The van der Waals surface area contributed by atoms with Crippen molar-refractivity contribution < 1.29 is 78.1 Å². The van der Waals surface area contributed by atoms with Gasteiger partial charge in [-0.2, -0.15) is 0 Å². The highest BCUT2D eigenvalue weighted by Crippen LogP contribution is 2.47. The van der Waals surface area contributed by atoms with Crippen molar-refractivity contribution in [3.63, 3.8) is 0 Å². The van der Waals surface area contributed by atoms with Gasteiger partial charge >= 0.3 is 17.7 Å². The lowest BCUT2D eigenvalue weighted by molar-refractivity contribution is -0.135. The monoisotopic (exact) mass is 1570 g/mol. The number of Topliss-reactive ketones (excluding diaryl/α,β-unsaturated/α-hetero) is 3. The van der Waals surface area contributed by atoms with E-state index in [1.807, 2.05) is 0 Å². The number of aryl methyl sites for hydroxylation is 3. The van der Waals surface area contributed by atoms with E-state index < -0.39 is 65.1 Å². The molecule has 9 aromatic rings. The Morgan fingerprint density at radius 1 is 0.393 bits per heavy atom. The van der Waals surface area contributed by atoms with Crippen molar-refractivity contribution in [1.29, 1.82) is 0 Å². The number of halogens is 3. The number of carbonyl (C=O) groups is 8. The topological polar surface area (TPSA) is 352 Å². The van der Waals surface area contributed by atoms with Crippen LogP contribution in [0, 0.1) is 20.8 Å². The molecule has 3 amide bonds. The van der Waals surface area contributed by atoms with Crippen LogP contribution in [0.2, 0.25) is 15.1 Å². The molecule has 3 aliphatic rings.